The Morgan fingerprint density at radius 2 is 1.48 bits per heavy atom. The smallest absolute Gasteiger partial charge is 0.306 e. The first kappa shape index (κ1) is 57.2. The maximum Gasteiger partial charge on any atom is 0.306 e. The number of hydrogen-bond acceptors (Lipinski definition) is 5. The van der Waals surface area contributed by atoms with Gasteiger partial charge in [0.2, 0.25) is 0 Å². The van der Waals surface area contributed by atoms with E-state index >= 15 is 0 Å². The number of aliphatic hydroxyl groups excluding tert-OH is 1. The summed E-state index contributed by atoms with van der Waals surface area (Å²) < 4.78 is 6.26. The minimum absolute atomic E-state index is 0.0995. The quantitative estimate of drug-likeness (QED) is 0.0177. The number of rotatable bonds is 32. The van der Waals surface area contributed by atoms with Gasteiger partial charge in [0, 0.05) is 13.0 Å². The SMILES string of the molecule is CCCCC/C=C/C/C=C/C/C=C/CCCCC(O)NCCCCN(C)CC[N+](C)(C)C.CCCCCC(=O)OC/C=C(C)/C=C/C=C(C)/C=C/C1=C(C)CCCC1(C)C. The Morgan fingerprint density at radius 3 is 2.12 bits per heavy atom. The Bertz CT molecular complexity index is 1340. The summed E-state index contributed by atoms with van der Waals surface area (Å²) in [4.78, 5) is 14.0. The van der Waals surface area contributed by atoms with E-state index in [-0.39, 0.29) is 17.6 Å². The highest BCUT2D eigenvalue weighted by atomic mass is 16.5. The average Bonchev–Trinajstić information content (AvgIpc) is 3.18. The van der Waals surface area contributed by atoms with Crippen LogP contribution in [0.4, 0.5) is 0 Å². The van der Waals surface area contributed by atoms with Crippen LogP contribution in [-0.2, 0) is 9.53 Å². The molecule has 0 fully saturated rings. The molecule has 1 unspecified atom stereocenters. The fourth-order valence-corrected chi connectivity index (χ4v) is 6.91. The number of hydrogen-bond donors (Lipinski definition) is 2. The first-order valence-corrected chi connectivity index (χ1v) is 24.0. The Balaban J connectivity index is 0.00000117. The van der Waals surface area contributed by atoms with E-state index in [0.717, 1.165) is 93.9 Å². The molecule has 0 saturated carbocycles. The standard InChI is InChI=1S/C28H56N3O.C26H40O2/c1-6-7-8-9-10-11-12-13-14-15-16-17-18-19-20-23-28(32)29-24-21-22-25-30(2)26-27-31(3,4)5;1-7-8-9-15-25(27)28-20-18-22(3)13-10-12-21(2)16-17-24-23(4)14-11-19-26(24,5)6/h10-11,13-14,16-17,28-29,32H,6-9,12,15,18-27H2,1-5H3;10,12-13,16-18H,7-9,11,14-15,19-20H2,1-6H3/q+1;/b11-10+,14-13+,17-16+;13-10+,17-16+,21-12+,22-18+. The van der Waals surface area contributed by atoms with Crippen molar-refractivity contribution in [2.75, 3.05) is 61.0 Å². The van der Waals surface area contributed by atoms with Gasteiger partial charge in [-0.05, 0) is 148 Å². The summed E-state index contributed by atoms with van der Waals surface area (Å²) in [6, 6.07) is 0. The number of ether oxygens (including phenoxy) is 1. The number of carbonyl (C=O) groups is 1. The average molecular weight is 835 g/mol. The summed E-state index contributed by atoms with van der Waals surface area (Å²) >= 11 is 0. The lowest BCUT2D eigenvalue weighted by atomic mass is 9.72. The molecule has 0 saturated heterocycles. The number of allylic oxidation sites excluding steroid dienone is 15. The summed E-state index contributed by atoms with van der Waals surface area (Å²) in [7, 11) is 8.92. The zero-order valence-corrected chi connectivity index (χ0v) is 41.1. The van der Waals surface area contributed by atoms with Gasteiger partial charge in [-0.1, -0.05) is 137 Å². The number of aliphatic hydroxyl groups is 1. The van der Waals surface area contributed by atoms with Gasteiger partial charge in [0.25, 0.3) is 0 Å². The van der Waals surface area contributed by atoms with E-state index in [2.05, 4.69) is 147 Å². The van der Waals surface area contributed by atoms with Crippen LogP contribution in [0.3, 0.4) is 0 Å². The summed E-state index contributed by atoms with van der Waals surface area (Å²) in [5.41, 5.74) is 5.63. The summed E-state index contributed by atoms with van der Waals surface area (Å²) in [6.07, 6.45) is 47.2. The van der Waals surface area contributed by atoms with Crippen LogP contribution < -0.4 is 5.32 Å². The Kier molecular flexibility index (Phi) is 35.1. The molecule has 1 aliphatic rings. The summed E-state index contributed by atoms with van der Waals surface area (Å²) in [6.45, 7) is 20.2. The minimum atomic E-state index is -0.354. The molecule has 6 heteroatoms. The van der Waals surface area contributed by atoms with Gasteiger partial charge < -0.3 is 19.2 Å². The maximum absolute atomic E-state index is 11.6. The molecule has 344 valence electrons. The molecule has 1 atom stereocenters. The number of unbranched alkanes of at least 4 members (excludes halogenated alkanes) is 8. The van der Waals surface area contributed by atoms with Crippen molar-refractivity contribution in [2.24, 2.45) is 5.41 Å². The molecule has 0 aromatic heterocycles. The van der Waals surface area contributed by atoms with Crippen molar-refractivity contribution in [2.45, 2.75) is 177 Å². The van der Waals surface area contributed by atoms with Gasteiger partial charge in [-0.2, -0.15) is 0 Å². The van der Waals surface area contributed by atoms with Crippen molar-refractivity contribution < 1.29 is 19.1 Å². The lowest BCUT2D eigenvalue weighted by Gasteiger charge is -2.32. The molecule has 1 aliphatic carbocycles. The lowest BCUT2D eigenvalue weighted by Crippen LogP contribution is -2.41. The van der Waals surface area contributed by atoms with Crippen LogP contribution in [0.1, 0.15) is 170 Å². The molecule has 0 aromatic rings. The monoisotopic (exact) mass is 835 g/mol. The van der Waals surface area contributed by atoms with E-state index in [9.17, 15) is 9.90 Å². The maximum atomic E-state index is 11.6. The number of likely N-dealkylation sites (N-methyl/N-ethyl adjacent to an activating group) is 2. The second kappa shape index (κ2) is 36.8. The van der Waals surface area contributed by atoms with Gasteiger partial charge in [0.15, 0.2) is 0 Å². The van der Waals surface area contributed by atoms with Gasteiger partial charge in [-0.3, -0.25) is 10.1 Å². The van der Waals surface area contributed by atoms with Crippen LogP contribution in [0, 0.1) is 5.41 Å². The van der Waals surface area contributed by atoms with E-state index in [1.54, 1.807) is 0 Å². The molecule has 0 spiro atoms. The molecule has 0 aromatic carbocycles. The van der Waals surface area contributed by atoms with Crippen molar-refractivity contribution in [3.8, 4) is 0 Å². The molecular weight excluding hydrogens is 739 g/mol. The van der Waals surface area contributed by atoms with Crippen LogP contribution >= 0.6 is 0 Å². The fraction of sp³-hybridized carbons (Fsp3) is 0.685. The Hall–Kier alpha value is -2.77. The van der Waals surface area contributed by atoms with Crippen molar-refractivity contribution in [3.63, 3.8) is 0 Å². The molecular formula is C54H96N3O3+. The molecule has 1 rings (SSSR count). The Labute approximate surface area is 372 Å². The summed E-state index contributed by atoms with van der Waals surface area (Å²) in [5.74, 6) is -0.0995. The molecule has 0 amide bonds. The third-order valence-corrected chi connectivity index (χ3v) is 11.0. The first-order chi connectivity index (χ1) is 28.6. The molecule has 60 heavy (non-hydrogen) atoms. The van der Waals surface area contributed by atoms with Gasteiger partial charge >= 0.3 is 5.97 Å². The summed E-state index contributed by atoms with van der Waals surface area (Å²) in [5, 5.41) is 13.3. The highest BCUT2D eigenvalue weighted by Gasteiger charge is 2.26. The lowest BCUT2D eigenvalue weighted by molar-refractivity contribution is -0.869. The number of nitrogens with one attached hydrogen (secondary N) is 1. The van der Waals surface area contributed by atoms with Gasteiger partial charge in [0.1, 0.15) is 12.8 Å². The van der Waals surface area contributed by atoms with E-state index in [1.807, 2.05) is 13.0 Å². The van der Waals surface area contributed by atoms with E-state index in [0.29, 0.717) is 13.0 Å². The third-order valence-electron chi connectivity index (χ3n) is 11.0. The highest BCUT2D eigenvalue weighted by molar-refractivity contribution is 5.69. The molecule has 0 aliphatic heterocycles. The second-order valence-corrected chi connectivity index (χ2v) is 18.8. The number of nitrogens with zero attached hydrogens (tertiary/aromatic N) is 2. The molecule has 0 radical (unpaired) electrons. The normalized spacial score (nSPS) is 16.0. The minimum Gasteiger partial charge on any atom is -0.461 e. The second-order valence-electron chi connectivity index (χ2n) is 18.8. The molecule has 0 bridgehead atoms. The topological polar surface area (TPSA) is 61.8 Å². The van der Waals surface area contributed by atoms with Crippen LogP contribution in [0.15, 0.2) is 95.2 Å². The van der Waals surface area contributed by atoms with Gasteiger partial charge in [-0.15, -0.1) is 0 Å². The van der Waals surface area contributed by atoms with E-state index in [1.165, 1.54) is 74.6 Å². The van der Waals surface area contributed by atoms with Crippen molar-refractivity contribution in [3.05, 3.63) is 95.2 Å². The van der Waals surface area contributed by atoms with Crippen molar-refractivity contribution in [1.82, 2.24) is 10.2 Å². The predicted molar refractivity (Wildman–Crippen MR) is 264 cm³/mol. The van der Waals surface area contributed by atoms with Gasteiger partial charge in [-0.25, -0.2) is 0 Å². The van der Waals surface area contributed by atoms with E-state index in [4.69, 9.17) is 4.74 Å². The molecule has 6 nitrogen and oxygen atoms in total. The molecule has 2 N–H and O–H groups in total. The number of carbonyl (C=O) groups excluding carboxylic acids is 1. The van der Waals surface area contributed by atoms with E-state index < -0.39 is 0 Å². The fourth-order valence-electron chi connectivity index (χ4n) is 6.91. The predicted octanol–water partition coefficient (Wildman–Crippen LogP) is 13.5. The molecule has 0 heterocycles. The van der Waals surface area contributed by atoms with Crippen LogP contribution in [0.2, 0.25) is 0 Å². The van der Waals surface area contributed by atoms with Crippen LogP contribution in [0.25, 0.3) is 0 Å². The van der Waals surface area contributed by atoms with Crippen molar-refractivity contribution >= 4 is 5.97 Å². The Morgan fingerprint density at radius 1 is 0.850 bits per heavy atom. The zero-order valence-electron chi connectivity index (χ0n) is 41.1. The largest absolute Gasteiger partial charge is 0.461 e. The van der Waals surface area contributed by atoms with Crippen LogP contribution in [0.5, 0.6) is 0 Å². The number of esters is 1. The van der Waals surface area contributed by atoms with Gasteiger partial charge in [0.05, 0.1) is 27.7 Å². The van der Waals surface area contributed by atoms with Crippen molar-refractivity contribution in [1.29, 1.82) is 0 Å². The van der Waals surface area contributed by atoms with Crippen LogP contribution in [-0.4, -0.2) is 87.7 Å². The third kappa shape index (κ3) is 35.9. The highest BCUT2D eigenvalue weighted by Crippen LogP contribution is 2.40. The number of quaternary nitrogens is 1. The first-order valence-electron chi connectivity index (χ1n) is 24.0. The zero-order chi connectivity index (χ0) is 44.9.